The maximum atomic E-state index is 12.1. The topological polar surface area (TPSA) is 63.6 Å². The number of ether oxygens (including phenoxy) is 1. The van der Waals surface area contributed by atoms with Gasteiger partial charge in [0, 0.05) is 5.38 Å². The molecule has 126 valence electrons. The predicted octanol–water partition coefficient (Wildman–Crippen LogP) is 4.38. The number of hydrazone groups is 1. The Morgan fingerprint density at radius 1 is 1.29 bits per heavy atom. The molecule has 1 aromatic heterocycles. The van der Waals surface area contributed by atoms with Crippen LogP contribution < -0.4 is 10.2 Å². The van der Waals surface area contributed by atoms with Crippen LogP contribution in [0.25, 0.3) is 0 Å². The Hall–Kier alpha value is -2.21. The molecule has 1 aliphatic carbocycles. The van der Waals surface area contributed by atoms with Crippen molar-refractivity contribution in [2.45, 2.75) is 39.0 Å². The summed E-state index contributed by atoms with van der Waals surface area (Å²) < 4.78 is 5.48. The summed E-state index contributed by atoms with van der Waals surface area (Å²) in [4.78, 5) is 16.4. The minimum atomic E-state index is -0.100. The van der Waals surface area contributed by atoms with Gasteiger partial charge in [0.15, 0.2) is 0 Å². The maximum Gasteiger partial charge on any atom is 0.314 e. The smallest absolute Gasteiger partial charge is 0.314 e. The first-order valence-electron chi connectivity index (χ1n) is 8.24. The van der Waals surface area contributed by atoms with Crippen molar-refractivity contribution in [2.24, 2.45) is 11.0 Å². The van der Waals surface area contributed by atoms with Crippen LogP contribution in [0.3, 0.4) is 0 Å². The Morgan fingerprint density at radius 3 is 2.71 bits per heavy atom. The van der Waals surface area contributed by atoms with Gasteiger partial charge in [0.2, 0.25) is 5.13 Å². The molecule has 2 aromatic rings. The van der Waals surface area contributed by atoms with Crippen molar-refractivity contribution in [2.75, 3.05) is 5.43 Å². The summed E-state index contributed by atoms with van der Waals surface area (Å²) in [6.45, 7) is 1.94. The van der Waals surface area contributed by atoms with Gasteiger partial charge in [-0.3, -0.25) is 10.2 Å². The lowest BCUT2D eigenvalue weighted by Crippen LogP contribution is -2.22. The summed E-state index contributed by atoms with van der Waals surface area (Å²) in [6, 6.07) is 7.36. The summed E-state index contributed by atoms with van der Waals surface area (Å²) in [7, 11) is 0. The minimum Gasteiger partial charge on any atom is -0.426 e. The van der Waals surface area contributed by atoms with Gasteiger partial charge in [0.1, 0.15) is 5.75 Å². The lowest BCUT2D eigenvalue weighted by Gasteiger charge is -2.19. The highest BCUT2D eigenvalue weighted by Crippen LogP contribution is 2.25. The van der Waals surface area contributed by atoms with Gasteiger partial charge in [0.25, 0.3) is 0 Å². The summed E-state index contributed by atoms with van der Waals surface area (Å²) in [5, 5.41) is 6.89. The number of benzene rings is 1. The second kappa shape index (κ2) is 8.06. The van der Waals surface area contributed by atoms with E-state index in [1.807, 2.05) is 24.4 Å². The maximum absolute atomic E-state index is 12.1. The number of nitrogens with one attached hydrogen (secondary N) is 1. The Labute approximate surface area is 145 Å². The highest BCUT2D eigenvalue weighted by molar-refractivity contribution is 7.13. The molecule has 1 N–H and O–H groups in total. The van der Waals surface area contributed by atoms with E-state index < -0.39 is 0 Å². The van der Waals surface area contributed by atoms with E-state index in [1.54, 1.807) is 18.3 Å². The number of rotatable bonds is 5. The molecular formula is C18H21N3O2S. The van der Waals surface area contributed by atoms with Gasteiger partial charge in [-0.25, -0.2) is 4.98 Å². The molecule has 1 aliphatic rings. The lowest BCUT2D eigenvalue weighted by atomic mass is 9.89. The molecule has 1 fully saturated rings. The molecule has 0 spiro atoms. The SMILES string of the molecule is Cc1csc(NN=Cc2ccc(OC(=O)C3CCCCC3)cc2)n1. The van der Waals surface area contributed by atoms with Crippen LogP contribution in [0.1, 0.15) is 43.4 Å². The number of anilines is 1. The fourth-order valence-electron chi connectivity index (χ4n) is 2.73. The van der Waals surface area contributed by atoms with Crippen LogP contribution in [-0.4, -0.2) is 17.2 Å². The van der Waals surface area contributed by atoms with Crippen LogP contribution in [0.4, 0.5) is 5.13 Å². The van der Waals surface area contributed by atoms with Gasteiger partial charge in [0.05, 0.1) is 17.8 Å². The van der Waals surface area contributed by atoms with Crippen molar-refractivity contribution < 1.29 is 9.53 Å². The van der Waals surface area contributed by atoms with Crippen molar-refractivity contribution in [3.63, 3.8) is 0 Å². The third kappa shape index (κ3) is 4.64. The standard InChI is InChI=1S/C18H21N3O2S/c1-13-12-24-18(20-13)21-19-11-14-7-9-16(10-8-14)23-17(22)15-5-3-2-4-6-15/h7-12,15H,2-6H2,1H3,(H,20,21). The van der Waals surface area contributed by atoms with Crippen LogP contribution in [-0.2, 0) is 4.79 Å². The van der Waals surface area contributed by atoms with E-state index in [4.69, 9.17) is 4.74 Å². The van der Waals surface area contributed by atoms with E-state index in [0.717, 1.165) is 42.1 Å². The van der Waals surface area contributed by atoms with Crippen LogP contribution in [0.5, 0.6) is 5.75 Å². The fraction of sp³-hybridized carbons (Fsp3) is 0.389. The number of esters is 1. The number of carbonyl (C=O) groups is 1. The van der Waals surface area contributed by atoms with Crippen LogP contribution >= 0.6 is 11.3 Å². The van der Waals surface area contributed by atoms with Crippen LogP contribution in [0, 0.1) is 12.8 Å². The molecule has 6 heteroatoms. The van der Waals surface area contributed by atoms with Crippen LogP contribution in [0.15, 0.2) is 34.7 Å². The third-order valence-electron chi connectivity index (χ3n) is 4.03. The zero-order chi connectivity index (χ0) is 16.8. The number of nitrogens with zero attached hydrogens (tertiary/aromatic N) is 2. The van der Waals surface area contributed by atoms with E-state index in [0.29, 0.717) is 5.75 Å². The molecule has 0 saturated heterocycles. The molecule has 0 atom stereocenters. The van der Waals surface area contributed by atoms with Crippen molar-refractivity contribution in [1.82, 2.24) is 4.98 Å². The van der Waals surface area contributed by atoms with Crippen molar-refractivity contribution >= 4 is 28.7 Å². The summed E-state index contributed by atoms with van der Waals surface area (Å²) in [5.74, 6) is 0.550. The summed E-state index contributed by atoms with van der Waals surface area (Å²) in [5.41, 5.74) is 4.79. The number of carbonyl (C=O) groups excluding carboxylic acids is 1. The van der Waals surface area contributed by atoms with Crippen LogP contribution in [0.2, 0.25) is 0 Å². The first-order chi connectivity index (χ1) is 11.7. The minimum absolute atomic E-state index is 0.0611. The van der Waals surface area contributed by atoms with E-state index in [-0.39, 0.29) is 11.9 Å². The number of hydrogen-bond donors (Lipinski definition) is 1. The van der Waals surface area contributed by atoms with Crippen molar-refractivity contribution in [1.29, 1.82) is 0 Å². The number of hydrogen-bond acceptors (Lipinski definition) is 6. The quantitative estimate of drug-likeness (QED) is 0.379. The van der Waals surface area contributed by atoms with Gasteiger partial charge >= 0.3 is 5.97 Å². The van der Waals surface area contributed by atoms with Gasteiger partial charge < -0.3 is 4.74 Å². The van der Waals surface area contributed by atoms with Crippen molar-refractivity contribution in [3.8, 4) is 5.75 Å². The lowest BCUT2D eigenvalue weighted by molar-refractivity contribution is -0.139. The Bertz CT molecular complexity index is 703. The molecule has 3 rings (SSSR count). The van der Waals surface area contributed by atoms with E-state index >= 15 is 0 Å². The molecule has 0 aliphatic heterocycles. The predicted molar refractivity (Wildman–Crippen MR) is 96.7 cm³/mol. The molecule has 24 heavy (non-hydrogen) atoms. The molecule has 0 bridgehead atoms. The second-order valence-corrected chi connectivity index (χ2v) is 6.85. The normalized spacial score (nSPS) is 15.5. The van der Waals surface area contributed by atoms with Gasteiger partial charge in [-0.1, -0.05) is 19.3 Å². The van der Waals surface area contributed by atoms with E-state index in [9.17, 15) is 4.79 Å². The van der Waals surface area contributed by atoms with E-state index in [2.05, 4.69) is 15.5 Å². The number of thiazole rings is 1. The van der Waals surface area contributed by atoms with Gasteiger partial charge in [-0.05, 0) is 49.6 Å². The van der Waals surface area contributed by atoms with E-state index in [1.165, 1.54) is 17.8 Å². The zero-order valence-electron chi connectivity index (χ0n) is 13.7. The Balaban J connectivity index is 1.52. The van der Waals surface area contributed by atoms with Gasteiger partial charge in [-0.15, -0.1) is 11.3 Å². The zero-order valence-corrected chi connectivity index (χ0v) is 14.5. The van der Waals surface area contributed by atoms with Gasteiger partial charge in [-0.2, -0.15) is 5.10 Å². The molecule has 1 heterocycles. The molecular weight excluding hydrogens is 322 g/mol. The molecule has 1 saturated carbocycles. The Kier molecular flexibility index (Phi) is 5.59. The molecule has 0 radical (unpaired) electrons. The highest BCUT2D eigenvalue weighted by atomic mass is 32.1. The molecule has 0 unspecified atom stereocenters. The summed E-state index contributed by atoms with van der Waals surface area (Å²) in [6.07, 6.45) is 7.09. The first-order valence-corrected chi connectivity index (χ1v) is 9.11. The third-order valence-corrected chi connectivity index (χ3v) is 4.89. The molecule has 0 amide bonds. The fourth-order valence-corrected chi connectivity index (χ4v) is 3.36. The summed E-state index contributed by atoms with van der Waals surface area (Å²) >= 11 is 1.51. The highest BCUT2D eigenvalue weighted by Gasteiger charge is 2.22. The Morgan fingerprint density at radius 2 is 2.04 bits per heavy atom. The average molecular weight is 343 g/mol. The molecule has 5 nitrogen and oxygen atoms in total. The monoisotopic (exact) mass is 343 g/mol. The first kappa shape index (κ1) is 16.6. The van der Waals surface area contributed by atoms with Crippen molar-refractivity contribution in [3.05, 3.63) is 40.9 Å². The average Bonchev–Trinajstić information content (AvgIpc) is 3.02. The molecule has 1 aromatic carbocycles. The number of aryl methyl sites for hydroxylation is 1. The second-order valence-electron chi connectivity index (χ2n) is 5.99. The largest absolute Gasteiger partial charge is 0.426 e. The number of aromatic nitrogens is 1.